The molecule has 0 saturated carbocycles. The van der Waals surface area contributed by atoms with E-state index in [2.05, 4.69) is 16.9 Å². The molecule has 0 atom stereocenters. The molecule has 0 aliphatic rings. The second kappa shape index (κ2) is 7.08. The maximum atomic E-state index is 13.5. The van der Waals surface area contributed by atoms with E-state index >= 15 is 0 Å². The summed E-state index contributed by atoms with van der Waals surface area (Å²) >= 11 is 0. The first-order valence-electron chi connectivity index (χ1n) is 6.90. The third-order valence-corrected chi connectivity index (χ3v) is 3.23. The van der Waals surface area contributed by atoms with Crippen molar-refractivity contribution in [2.45, 2.75) is 39.3 Å². The summed E-state index contributed by atoms with van der Waals surface area (Å²) in [6.07, 6.45) is 8.01. The molecule has 0 saturated heterocycles. The lowest BCUT2D eigenvalue weighted by atomic mass is 10.1. The zero-order chi connectivity index (χ0) is 14.4. The highest BCUT2D eigenvalue weighted by molar-refractivity contribution is 5.55. The molecule has 1 aromatic carbocycles. The normalized spacial score (nSPS) is 10.8. The van der Waals surface area contributed by atoms with Gasteiger partial charge in [-0.1, -0.05) is 31.9 Å². The second-order valence-electron chi connectivity index (χ2n) is 4.81. The zero-order valence-electron chi connectivity index (χ0n) is 11.6. The van der Waals surface area contributed by atoms with Gasteiger partial charge in [0.05, 0.1) is 0 Å². The fourth-order valence-electron chi connectivity index (χ4n) is 2.01. The predicted molar refractivity (Wildman–Crippen MR) is 75.5 cm³/mol. The molecule has 4 heteroatoms. The van der Waals surface area contributed by atoms with E-state index in [0.29, 0.717) is 11.4 Å². The maximum absolute atomic E-state index is 13.5. The summed E-state index contributed by atoms with van der Waals surface area (Å²) in [6.45, 7) is 1.36. The number of hydrogen-bond donors (Lipinski definition) is 0. The van der Waals surface area contributed by atoms with Crippen molar-refractivity contribution in [3.8, 4) is 11.4 Å². The molecule has 0 aliphatic heterocycles. The minimum atomic E-state index is -0.802. The van der Waals surface area contributed by atoms with Gasteiger partial charge in [0.2, 0.25) is 0 Å². The molecule has 0 unspecified atom stereocenters. The fourth-order valence-corrected chi connectivity index (χ4v) is 2.01. The van der Waals surface area contributed by atoms with Crippen LogP contribution in [0.15, 0.2) is 30.6 Å². The Hall–Kier alpha value is -1.84. The number of rotatable bonds is 6. The van der Waals surface area contributed by atoms with E-state index in [0.717, 1.165) is 18.4 Å². The van der Waals surface area contributed by atoms with Crippen LogP contribution < -0.4 is 0 Å². The average molecular weight is 276 g/mol. The Bertz CT molecular complexity index is 553. The molecule has 0 spiro atoms. The van der Waals surface area contributed by atoms with E-state index in [4.69, 9.17) is 0 Å². The predicted octanol–water partition coefficient (Wildman–Crippen LogP) is 4.48. The lowest BCUT2D eigenvalue weighted by Gasteiger charge is -2.04. The lowest BCUT2D eigenvalue weighted by molar-refractivity contribution is 0.464. The van der Waals surface area contributed by atoms with Crippen molar-refractivity contribution in [1.82, 2.24) is 9.97 Å². The quantitative estimate of drug-likeness (QED) is 0.727. The van der Waals surface area contributed by atoms with Crippen molar-refractivity contribution >= 4 is 0 Å². The molecular formula is C16H18F2N2. The molecule has 20 heavy (non-hydrogen) atoms. The molecule has 2 rings (SSSR count). The van der Waals surface area contributed by atoms with E-state index in [1.807, 2.05) is 0 Å². The third kappa shape index (κ3) is 3.59. The highest BCUT2D eigenvalue weighted by atomic mass is 19.1. The van der Waals surface area contributed by atoms with Gasteiger partial charge in [-0.25, -0.2) is 18.7 Å². The van der Waals surface area contributed by atoms with Crippen molar-refractivity contribution in [2.75, 3.05) is 0 Å². The minimum Gasteiger partial charge on any atom is -0.246 e. The van der Waals surface area contributed by atoms with E-state index in [9.17, 15) is 8.78 Å². The van der Waals surface area contributed by atoms with Crippen LogP contribution in [0, 0.1) is 5.82 Å². The Morgan fingerprint density at radius 3 is 2.45 bits per heavy atom. The van der Waals surface area contributed by atoms with Crippen molar-refractivity contribution in [3.05, 3.63) is 47.5 Å². The maximum Gasteiger partial charge on any atom is 0.159 e. The van der Waals surface area contributed by atoms with Crippen LogP contribution in [0.2, 0.25) is 0 Å². The molecule has 2 aromatic rings. The van der Waals surface area contributed by atoms with Crippen molar-refractivity contribution in [3.63, 3.8) is 0 Å². The Labute approximate surface area is 117 Å². The monoisotopic (exact) mass is 276 g/mol. The van der Waals surface area contributed by atoms with E-state index < -0.39 is 12.5 Å². The number of alkyl halides is 1. The van der Waals surface area contributed by atoms with Crippen molar-refractivity contribution < 1.29 is 8.78 Å². The molecular weight excluding hydrogens is 258 g/mol. The van der Waals surface area contributed by atoms with Crippen LogP contribution in [0.1, 0.15) is 37.3 Å². The van der Waals surface area contributed by atoms with Crippen molar-refractivity contribution in [2.24, 2.45) is 0 Å². The Morgan fingerprint density at radius 2 is 1.85 bits per heavy atom. The Balaban J connectivity index is 2.11. The number of aryl methyl sites for hydroxylation is 1. The second-order valence-corrected chi connectivity index (χ2v) is 4.81. The number of nitrogens with zero attached hydrogens (tertiary/aromatic N) is 2. The van der Waals surface area contributed by atoms with Gasteiger partial charge in [0.25, 0.3) is 0 Å². The molecule has 0 N–H and O–H groups in total. The molecule has 2 nitrogen and oxygen atoms in total. The van der Waals surface area contributed by atoms with Gasteiger partial charge in [-0.15, -0.1) is 0 Å². The summed E-state index contributed by atoms with van der Waals surface area (Å²) in [4.78, 5) is 8.51. The van der Waals surface area contributed by atoms with Crippen LogP contribution in [-0.2, 0) is 13.1 Å². The Kier molecular flexibility index (Phi) is 5.16. The first-order valence-corrected chi connectivity index (χ1v) is 6.90. The smallest absolute Gasteiger partial charge is 0.159 e. The third-order valence-electron chi connectivity index (χ3n) is 3.23. The highest BCUT2D eigenvalue weighted by Crippen LogP contribution is 2.19. The topological polar surface area (TPSA) is 25.8 Å². The fraction of sp³-hybridized carbons (Fsp3) is 0.375. The summed E-state index contributed by atoms with van der Waals surface area (Å²) < 4.78 is 26.0. The standard InChI is InChI=1S/C16H18F2N2/c1-2-3-4-5-12-10-19-16(20-11-12)13-6-7-14(9-17)15(18)8-13/h6-8,10-11H,2-5,9H2,1H3. The van der Waals surface area contributed by atoms with Crippen LogP contribution in [-0.4, -0.2) is 9.97 Å². The van der Waals surface area contributed by atoms with Crippen LogP contribution in [0.3, 0.4) is 0 Å². The van der Waals surface area contributed by atoms with E-state index in [1.165, 1.54) is 25.0 Å². The number of unbranched alkanes of at least 4 members (excludes halogenated alkanes) is 2. The van der Waals surface area contributed by atoms with Gasteiger partial charge in [0.15, 0.2) is 5.82 Å². The van der Waals surface area contributed by atoms with Gasteiger partial charge in [-0.05, 0) is 24.5 Å². The molecule has 1 aromatic heterocycles. The van der Waals surface area contributed by atoms with Gasteiger partial charge in [0, 0.05) is 23.5 Å². The summed E-state index contributed by atoms with van der Waals surface area (Å²) in [5.41, 5.74) is 1.72. The number of benzene rings is 1. The van der Waals surface area contributed by atoms with Gasteiger partial charge in [-0.3, -0.25) is 0 Å². The first kappa shape index (κ1) is 14.6. The van der Waals surface area contributed by atoms with E-state index in [-0.39, 0.29) is 5.56 Å². The number of hydrogen-bond acceptors (Lipinski definition) is 2. The van der Waals surface area contributed by atoms with Gasteiger partial charge < -0.3 is 0 Å². The molecule has 0 radical (unpaired) electrons. The summed E-state index contributed by atoms with van der Waals surface area (Å²) in [5.74, 6) is -0.0887. The summed E-state index contributed by atoms with van der Waals surface area (Å²) in [5, 5.41) is 0. The molecule has 0 amide bonds. The van der Waals surface area contributed by atoms with Crippen LogP contribution >= 0.6 is 0 Å². The zero-order valence-corrected chi connectivity index (χ0v) is 11.6. The van der Waals surface area contributed by atoms with Gasteiger partial charge in [-0.2, -0.15) is 0 Å². The van der Waals surface area contributed by atoms with E-state index in [1.54, 1.807) is 18.5 Å². The van der Waals surface area contributed by atoms with Gasteiger partial charge in [0.1, 0.15) is 12.5 Å². The number of halogens is 2. The Morgan fingerprint density at radius 1 is 1.10 bits per heavy atom. The van der Waals surface area contributed by atoms with Gasteiger partial charge >= 0.3 is 0 Å². The summed E-state index contributed by atoms with van der Waals surface area (Å²) in [7, 11) is 0. The molecule has 1 heterocycles. The summed E-state index contributed by atoms with van der Waals surface area (Å²) in [6, 6.07) is 4.36. The minimum absolute atomic E-state index is 0.0601. The largest absolute Gasteiger partial charge is 0.246 e. The SMILES string of the molecule is CCCCCc1cnc(-c2ccc(CF)c(F)c2)nc1. The lowest BCUT2D eigenvalue weighted by Crippen LogP contribution is -1.95. The van der Waals surface area contributed by atoms with Crippen LogP contribution in [0.4, 0.5) is 8.78 Å². The first-order chi connectivity index (χ1) is 9.74. The highest BCUT2D eigenvalue weighted by Gasteiger charge is 2.07. The molecule has 0 aliphatic carbocycles. The van der Waals surface area contributed by atoms with Crippen molar-refractivity contribution in [1.29, 1.82) is 0 Å². The van der Waals surface area contributed by atoms with Crippen LogP contribution in [0.5, 0.6) is 0 Å². The molecule has 0 fully saturated rings. The number of aromatic nitrogens is 2. The molecule has 0 bridgehead atoms. The average Bonchev–Trinajstić information content (AvgIpc) is 2.48. The molecule has 106 valence electrons. The van der Waals surface area contributed by atoms with Crippen LogP contribution in [0.25, 0.3) is 11.4 Å².